The van der Waals surface area contributed by atoms with Crippen LogP contribution in [-0.4, -0.2) is 51.2 Å². The van der Waals surface area contributed by atoms with Gasteiger partial charge in [0.1, 0.15) is 6.10 Å². The van der Waals surface area contributed by atoms with E-state index in [1.807, 2.05) is 20.8 Å². The van der Waals surface area contributed by atoms with Crippen molar-refractivity contribution in [3.8, 4) is 0 Å². The van der Waals surface area contributed by atoms with Gasteiger partial charge in [0.15, 0.2) is 0 Å². The number of esters is 1. The number of carbonyl (C=O) groups excluding carboxylic acids is 1. The topological polar surface area (TPSA) is 54.0 Å². The van der Waals surface area contributed by atoms with Crippen molar-refractivity contribution < 1.29 is 23.7 Å². The summed E-state index contributed by atoms with van der Waals surface area (Å²) in [6.07, 6.45) is 12.9. The van der Waals surface area contributed by atoms with E-state index in [9.17, 15) is 4.79 Å². The van der Waals surface area contributed by atoms with Crippen molar-refractivity contribution in [2.45, 2.75) is 117 Å². The first-order valence-corrected chi connectivity index (χ1v) is 11.4. The maximum absolute atomic E-state index is 11.9. The minimum absolute atomic E-state index is 0.0394. The molecule has 0 bridgehead atoms. The zero-order valence-electron chi connectivity index (χ0n) is 19.2. The fourth-order valence-corrected chi connectivity index (χ4v) is 3.00. The van der Waals surface area contributed by atoms with E-state index >= 15 is 0 Å². The summed E-state index contributed by atoms with van der Waals surface area (Å²) in [5.41, 5.74) is 0. The molecular weight excluding hydrogens is 356 g/mol. The van der Waals surface area contributed by atoms with Crippen LogP contribution in [0.2, 0.25) is 0 Å². The highest BCUT2D eigenvalue weighted by molar-refractivity contribution is 5.69. The standard InChI is InChI=1S/C23H46O5/c1-6-7-8-9-10-11-12-13-14-15-16-23(24)28-22(4)19-27-21(3)18-26-20(2)17-25-5/h20-22H,6-19H2,1-5H3. The smallest absolute Gasteiger partial charge is 0.306 e. The van der Waals surface area contributed by atoms with E-state index in [1.165, 1.54) is 51.4 Å². The molecule has 3 unspecified atom stereocenters. The van der Waals surface area contributed by atoms with Crippen molar-refractivity contribution >= 4 is 5.97 Å². The molecule has 0 N–H and O–H groups in total. The van der Waals surface area contributed by atoms with Crippen molar-refractivity contribution in [1.82, 2.24) is 0 Å². The van der Waals surface area contributed by atoms with Crippen LogP contribution in [0.5, 0.6) is 0 Å². The van der Waals surface area contributed by atoms with E-state index < -0.39 is 0 Å². The molecule has 5 heteroatoms. The molecule has 0 saturated carbocycles. The third kappa shape index (κ3) is 18.7. The molecule has 0 aromatic rings. The highest BCUT2D eigenvalue weighted by Gasteiger charge is 2.12. The van der Waals surface area contributed by atoms with E-state index in [0.29, 0.717) is 26.2 Å². The molecule has 28 heavy (non-hydrogen) atoms. The number of methoxy groups -OCH3 is 1. The molecule has 0 aromatic carbocycles. The lowest BCUT2D eigenvalue weighted by molar-refractivity contribution is -0.153. The molecule has 0 aliphatic heterocycles. The van der Waals surface area contributed by atoms with Gasteiger partial charge in [0.2, 0.25) is 0 Å². The first kappa shape index (κ1) is 27.4. The van der Waals surface area contributed by atoms with Gasteiger partial charge in [-0.3, -0.25) is 4.79 Å². The van der Waals surface area contributed by atoms with E-state index in [4.69, 9.17) is 18.9 Å². The Labute approximate surface area is 173 Å². The predicted octanol–water partition coefficient (Wildman–Crippen LogP) is 5.69. The number of carbonyl (C=O) groups is 1. The first-order chi connectivity index (χ1) is 13.5. The predicted molar refractivity (Wildman–Crippen MR) is 115 cm³/mol. The molecule has 0 heterocycles. The van der Waals surface area contributed by atoms with E-state index in [-0.39, 0.29) is 24.3 Å². The molecular formula is C23H46O5. The average molecular weight is 403 g/mol. The molecule has 168 valence electrons. The second-order valence-electron chi connectivity index (χ2n) is 7.98. The molecule has 0 spiro atoms. The Kier molecular flexibility index (Phi) is 19.2. The Bertz CT molecular complexity index is 348. The third-order valence-electron chi connectivity index (χ3n) is 4.70. The van der Waals surface area contributed by atoms with Gasteiger partial charge < -0.3 is 18.9 Å². The molecule has 0 rings (SSSR count). The van der Waals surface area contributed by atoms with Gasteiger partial charge in [-0.2, -0.15) is 0 Å². The molecule has 0 amide bonds. The summed E-state index contributed by atoms with van der Waals surface area (Å²) < 4.78 is 21.8. The summed E-state index contributed by atoms with van der Waals surface area (Å²) in [5, 5.41) is 0. The highest BCUT2D eigenvalue weighted by Crippen LogP contribution is 2.12. The van der Waals surface area contributed by atoms with Crippen LogP contribution in [0.1, 0.15) is 98.3 Å². The minimum atomic E-state index is -0.227. The van der Waals surface area contributed by atoms with Gasteiger partial charge in [-0.1, -0.05) is 64.7 Å². The van der Waals surface area contributed by atoms with Crippen LogP contribution in [0.25, 0.3) is 0 Å². The maximum atomic E-state index is 11.9. The van der Waals surface area contributed by atoms with Crippen LogP contribution in [0.3, 0.4) is 0 Å². The zero-order chi connectivity index (χ0) is 21.0. The molecule has 0 fully saturated rings. The summed E-state index contributed by atoms with van der Waals surface area (Å²) in [6, 6.07) is 0. The van der Waals surface area contributed by atoms with Gasteiger partial charge >= 0.3 is 5.97 Å². The normalized spacial score (nSPS) is 14.6. The lowest BCUT2D eigenvalue weighted by Crippen LogP contribution is -2.27. The van der Waals surface area contributed by atoms with E-state index in [2.05, 4.69) is 6.92 Å². The second kappa shape index (κ2) is 19.7. The van der Waals surface area contributed by atoms with Crippen LogP contribution in [0.4, 0.5) is 0 Å². The van der Waals surface area contributed by atoms with Gasteiger partial charge in [-0.15, -0.1) is 0 Å². The summed E-state index contributed by atoms with van der Waals surface area (Å²) in [4.78, 5) is 11.9. The van der Waals surface area contributed by atoms with Gasteiger partial charge in [0.05, 0.1) is 32.0 Å². The van der Waals surface area contributed by atoms with Crippen molar-refractivity contribution in [3.05, 3.63) is 0 Å². The second-order valence-corrected chi connectivity index (χ2v) is 7.98. The number of rotatable bonds is 20. The third-order valence-corrected chi connectivity index (χ3v) is 4.70. The summed E-state index contributed by atoms with van der Waals surface area (Å²) in [6.45, 7) is 9.51. The zero-order valence-corrected chi connectivity index (χ0v) is 19.2. The lowest BCUT2D eigenvalue weighted by Gasteiger charge is -2.19. The van der Waals surface area contributed by atoms with Crippen molar-refractivity contribution in [2.75, 3.05) is 26.9 Å². The summed E-state index contributed by atoms with van der Waals surface area (Å²) >= 11 is 0. The number of ether oxygens (including phenoxy) is 4. The van der Waals surface area contributed by atoms with Crippen molar-refractivity contribution in [2.24, 2.45) is 0 Å². The van der Waals surface area contributed by atoms with Crippen molar-refractivity contribution in [3.63, 3.8) is 0 Å². The Hall–Kier alpha value is -0.650. The first-order valence-electron chi connectivity index (χ1n) is 11.4. The fourth-order valence-electron chi connectivity index (χ4n) is 3.00. The summed E-state index contributed by atoms with van der Waals surface area (Å²) in [5.74, 6) is -0.117. The Morgan fingerprint density at radius 1 is 0.679 bits per heavy atom. The van der Waals surface area contributed by atoms with Crippen LogP contribution < -0.4 is 0 Å². The molecule has 0 aliphatic rings. The number of hydrogen-bond acceptors (Lipinski definition) is 5. The van der Waals surface area contributed by atoms with Crippen LogP contribution in [-0.2, 0) is 23.7 Å². The molecule has 0 saturated heterocycles. The van der Waals surface area contributed by atoms with Gasteiger partial charge in [0, 0.05) is 13.5 Å². The fraction of sp³-hybridized carbons (Fsp3) is 0.957. The lowest BCUT2D eigenvalue weighted by atomic mass is 10.1. The molecule has 0 aromatic heterocycles. The number of unbranched alkanes of at least 4 members (excludes halogenated alkanes) is 9. The summed E-state index contributed by atoms with van der Waals surface area (Å²) in [7, 11) is 1.66. The quantitative estimate of drug-likeness (QED) is 0.193. The SMILES string of the molecule is CCCCCCCCCCCCC(=O)OC(C)COC(C)COC(C)COC. The average Bonchev–Trinajstić information content (AvgIpc) is 2.66. The Balaban J connectivity index is 3.53. The largest absolute Gasteiger partial charge is 0.460 e. The molecule has 3 atom stereocenters. The van der Waals surface area contributed by atoms with Gasteiger partial charge in [-0.25, -0.2) is 0 Å². The van der Waals surface area contributed by atoms with Crippen LogP contribution in [0.15, 0.2) is 0 Å². The van der Waals surface area contributed by atoms with Crippen LogP contribution in [0, 0.1) is 0 Å². The van der Waals surface area contributed by atoms with Crippen LogP contribution >= 0.6 is 0 Å². The highest BCUT2D eigenvalue weighted by atomic mass is 16.6. The molecule has 0 aliphatic carbocycles. The van der Waals surface area contributed by atoms with E-state index in [1.54, 1.807) is 7.11 Å². The molecule has 0 radical (unpaired) electrons. The Morgan fingerprint density at radius 3 is 1.68 bits per heavy atom. The van der Waals surface area contributed by atoms with Gasteiger partial charge in [0.25, 0.3) is 0 Å². The maximum Gasteiger partial charge on any atom is 0.306 e. The van der Waals surface area contributed by atoms with Crippen molar-refractivity contribution in [1.29, 1.82) is 0 Å². The number of hydrogen-bond donors (Lipinski definition) is 0. The molecule has 5 nitrogen and oxygen atoms in total. The minimum Gasteiger partial charge on any atom is -0.460 e. The Morgan fingerprint density at radius 2 is 1.14 bits per heavy atom. The monoisotopic (exact) mass is 402 g/mol. The van der Waals surface area contributed by atoms with E-state index in [0.717, 1.165) is 12.8 Å². The van der Waals surface area contributed by atoms with Gasteiger partial charge in [-0.05, 0) is 27.2 Å².